The highest BCUT2D eigenvalue weighted by Crippen LogP contribution is 2.21. The number of aryl methyl sites for hydroxylation is 1. The Hall–Kier alpha value is -2.44. The van der Waals surface area contributed by atoms with Crippen LogP contribution in [-0.2, 0) is 0 Å². The molecule has 6 nitrogen and oxygen atoms in total. The van der Waals surface area contributed by atoms with Gasteiger partial charge in [-0.3, -0.25) is 9.36 Å². The van der Waals surface area contributed by atoms with Crippen LogP contribution in [-0.4, -0.2) is 25.4 Å². The van der Waals surface area contributed by atoms with Crippen molar-refractivity contribution < 1.29 is 4.79 Å². The van der Waals surface area contributed by atoms with Crippen LogP contribution in [0.1, 0.15) is 16.1 Å². The van der Waals surface area contributed by atoms with Crippen molar-refractivity contribution in [3.63, 3.8) is 0 Å². The number of halogens is 2. The molecule has 0 bridgehead atoms. The zero-order valence-corrected chi connectivity index (χ0v) is 13.5. The molecule has 1 N–H and O–H groups in total. The third kappa shape index (κ3) is 3.33. The molecule has 8 heteroatoms. The number of nitrogens with one attached hydrogen (secondary N) is 1. The Kier molecular flexibility index (Phi) is 4.27. The molecule has 0 spiro atoms. The van der Waals surface area contributed by atoms with Gasteiger partial charge in [0, 0.05) is 23.1 Å². The van der Waals surface area contributed by atoms with Crippen molar-refractivity contribution in [3.8, 4) is 5.95 Å². The summed E-state index contributed by atoms with van der Waals surface area (Å²) in [5.74, 6) is -0.141. The highest BCUT2D eigenvalue weighted by molar-refractivity contribution is 6.34. The third-order valence-electron chi connectivity index (χ3n) is 3.11. The smallest absolute Gasteiger partial charge is 0.276 e. The number of hydrogen-bond donors (Lipinski definition) is 1. The molecule has 23 heavy (non-hydrogen) atoms. The fourth-order valence-corrected chi connectivity index (χ4v) is 2.24. The summed E-state index contributed by atoms with van der Waals surface area (Å²) < 4.78 is 1.58. The van der Waals surface area contributed by atoms with Gasteiger partial charge in [-0.25, -0.2) is 15.0 Å². The van der Waals surface area contributed by atoms with Crippen LogP contribution in [0.3, 0.4) is 0 Å². The number of carbonyl (C=O) groups excluding carboxylic acids is 1. The predicted octanol–water partition coefficient (Wildman–Crippen LogP) is 3.53. The molecule has 3 aromatic rings. The van der Waals surface area contributed by atoms with Gasteiger partial charge in [-0.2, -0.15) is 0 Å². The number of amides is 1. The minimum atomic E-state index is -0.446. The van der Waals surface area contributed by atoms with Crippen molar-refractivity contribution in [3.05, 3.63) is 64.4 Å². The highest BCUT2D eigenvalue weighted by Gasteiger charge is 2.15. The van der Waals surface area contributed by atoms with Crippen LogP contribution in [0.15, 0.2) is 43.1 Å². The summed E-state index contributed by atoms with van der Waals surface area (Å²) in [5.41, 5.74) is 1.55. The molecule has 0 saturated carbocycles. The minimum absolute atomic E-state index is 0.0714. The summed E-state index contributed by atoms with van der Waals surface area (Å²) in [4.78, 5) is 24.6. The molecule has 1 amide bonds. The van der Waals surface area contributed by atoms with Gasteiger partial charge in [0.2, 0.25) is 5.95 Å². The van der Waals surface area contributed by atoms with Gasteiger partial charge in [-0.15, -0.1) is 0 Å². The van der Waals surface area contributed by atoms with Crippen molar-refractivity contribution >= 4 is 34.8 Å². The Bertz CT molecular complexity index is 864. The van der Waals surface area contributed by atoms with Gasteiger partial charge >= 0.3 is 0 Å². The standard InChI is InChI=1S/C15H11Cl2N5O/c1-9-2-3-10(6-11(9)16)20-14(23)13-12(17)7-19-15(21-13)22-5-4-18-8-22/h2-8H,1H3,(H,20,23). The van der Waals surface area contributed by atoms with Crippen molar-refractivity contribution in [1.29, 1.82) is 0 Å². The zero-order chi connectivity index (χ0) is 16.4. The van der Waals surface area contributed by atoms with Gasteiger partial charge in [0.1, 0.15) is 6.33 Å². The highest BCUT2D eigenvalue weighted by atomic mass is 35.5. The molecule has 0 saturated heterocycles. The molecule has 116 valence electrons. The van der Waals surface area contributed by atoms with E-state index in [1.807, 2.05) is 13.0 Å². The summed E-state index contributed by atoms with van der Waals surface area (Å²) in [7, 11) is 0. The summed E-state index contributed by atoms with van der Waals surface area (Å²) in [6, 6.07) is 5.24. The second-order valence-electron chi connectivity index (χ2n) is 4.75. The van der Waals surface area contributed by atoms with Crippen LogP contribution in [0.25, 0.3) is 5.95 Å². The zero-order valence-electron chi connectivity index (χ0n) is 12.0. The molecule has 0 aliphatic rings. The van der Waals surface area contributed by atoms with E-state index in [0.29, 0.717) is 16.7 Å². The molecule has 3 rings (SSSR count). The Balaban J connectivity index is 1.89. The molecule has 2 aromatic heterocycles. The number of hydrogen-bond acceptors (Lipinski definition) is 4. The maximum Gasteiger partial charge on any atom is 0.276 e. The fourth-order valence-electron chi connectivity index (χ4n) is 1.88. The first kappa shape index (κ1) is 15.5. The minimum Gasteiger partial charge on any atom is -0.321 e. The lowest BCUT2D eigenvalue weighted by molar-refractivity contribution is 0.102. The number of nitrogens with zero attached hydrogens (tertiary/aromatic N) is 4. The Morgan fingerprint density at radius 1 is 1.26 bits per heavy atom. The van der Waals surface area contributed by atoms with E-state index in [-0.39, 0.29) is 10.7 Å². The topological polar surface area (TPSA) is 72.7 Å². The maximum atomic E-state index is 12.4. The SMILES string of the molecule is Cc1ccc(NC(=O)c2nc(-n3ccnc3)ncc2Cl)cc1Cl. The van der Waals surface area contributed by atoms with Crippen LogP contribution >= 0.6 is 23.2 Å². The summed E-state index contributed by atoms with van der Waals surface area (Å²) in [6.45, 7) is 1.88. The van der Waals surface area contributed by atoms with E-state index in [1.54, 1.807) is 29.1 Å². The summed E-state index contributed by atoms with van der Waals surface area (Å²) in [5, 5.41) is 3.44. The number of imidazole rings is 1. The Morgan fingerprint density at radius 2 is 2.09 bits per heavy atom. The first-order valence-electron chi connectivity index (χ1n) is 6.63. The second-order valence-corrected chi connectivity index (χ2v) is 5.57. The van der Waals surface area contributed by atoms with E-state index in [9.17, 15) is 4.79 Å². The summed E-state index contributed by atoms with van der Waals surface area (Å²) >= 11 is 12.1. The first-order chi connectivity index (χ1) is 11.0. The number of aromatic nitrogens is 4. The molecule has 0 fully saturated rings. The number of carbonyl (C=O) groups is 1. The third-order valence-corrected chi connectivity index (χ3v) is 3.80. The van der Waals surface area contributed by atoms with Crippen LogP contribution in [0, 0.1) is 6.92 Å². The van der Waals surface area contributed by atoms with Crippen LogP contribution < -0.4 is 5.32 Å². The summed E-state index contributed by atoms with van der Waals surface area (Å²) in [6.07, 6.45) is 6.17. The van der Waals surface area contributed by atoms with Crippen molar-refractivity contribution in [2.24, 2.45) is 0 Å². The Labute approximate surface area is 142 Å². The van der Waals surface area contributed by atoms with E-state index >= 15 is 0 Å². The van der Waals surface area contributed by atoms with E-state index in [4.69, 9.17) is 23.2 Å². The Morgan fingerprint density at radius 3 is 2.78 bits per heavy atom. The van der Waals surface area contributed by atoms with Gasteiger partial charge in [0.05, 0.1) is 11.2 Å². The van der Waals surface area contributed by atoms with Gasteiger partial charge in [-0.05, 0) is 24.6 Å². The number of benzene rings is 1. The van der Waals surface area contributed by atoms with Crippen molar-refractivity contribution in [1.82, 2.24) is 19.5 Å². The van der Waals surface area contributed by atoms with Crippen LogP contribution in [0.4, 0.5) is 5.69 Å². The second kappa shape index (κ2) is 6.36. The molecule has 0 aliphatic carbocycles. The van der Waals surface area contributed by atoms with Crippen molar-refractivity contribution in [2.75, 3.05) is 5.32 Å². The molecular formula is C15H11Cl2N5O. The lowest BCUT2D eigenvalue weighted by atomic mass is 10.2. The normalized spacial score (nSPS) is 10.6. The average molecular weight is 348 g/mol. The molecule has 0 radical (unpaired) electrons. The molecule has 0 aliphatic heterocycles. The van der Waals surface area contributed by atoms with Crippen LogP contribution in [0.5, 0.6) is 0 Å². The number of rotatable bonds is 3. The lowest BCUT2D eigenvalue weighted by Gasteiger charge is -2.08. The molecule has 0 unspecified atom stereocenters. The quantitative estimate of drug-likeness (QED) is 0.786. The van der Waals surface area contributed by atoms with Crippen molar-refractivity contribution in [2.45, 2.75) is 6.92 Å². The predicted molar refractivity (Wildman–Crippen MR) is 88.3 cm³/mol. The largest absolute Gasteiger partial charge is 0.321 e. The van der Waals surface area contributed by atoms with E-state index in [1.165, 1.54) is 12.5 Å². The molecule has 2 heterocycles. The van der Waals surface area contributed by atoms with Gasteiger partial charge in [0.15, 0.2) is 5.69 Å². The fraction of sp³-hybridized carbons (Fsp3) is 0.0667. The van der Waals surface area contributed by atoms with Gasteiger partial charge < -0.3 is 5.32 Å². The van der Waals surface area contributed by atoms with Gasteiger partial charge in [-0.1, -0.05) is 29.3 Å². The average Bonchev–Trinajstić information content (AvgIpc) is 3.06. The van der Waals surface area contributed by atoms with E-state index in [2.05, 4.69) is 20.3 Å². The number of anilines is 1. The monoisotopic (exact) mass is 347 g/mol. The first-order valence-corrected chi connectivity index (χ1v) is 7.38. The molecule has 1 aromatic carbocycles. The maximum absolute atomic E-state index is 12.4. The van der Waals surface area contributed by atoms with Crippen LogP contribution in [0.2, 0.25) is 10.0 Å². The lowest BCUT2D eigenvalue weighted by Crippen LogP contribution is -2.16. The van der Waals surface area contributed by atoms with E-state index in [0.717, 1.165) is 5.56 Å². The molecule has 0 atom stereocenters. The molecular weight excluding hydrogens is 337 g/mol. The van der Waals surface area contributed by atoms with Gasteiger partial charge in [0.25, 0.3) is 5.91 Å². The van der Waals surface area contributed by atoms with E-state index < -0.39 is 5.91 Å².